The molecule has 1 heterocycles. The lowest BCUT2D eigenvalue weighted by Crippen LogP contribution is -2.19. The Labute approximate surface area is 131 Å². The van der Waals surface area contributed by atoms with Gasteiger partial charge in [-0.25, -0.2) is 4.98 Å². The number of hydrogen-bond donors (Lipinski definition) is 2. The van der Waals surface area contributed by atoms with Gasteiger partial charge in [-0.15, -0.1) is 0 Å². The Bertz CT molecular complexity index is 570. The summed E-state index contributed by atoms with van der Waals surface area (Å²) in [6.07, 6.45) is 4.22. The van der Waals surface area contributed by atoms with Crippen molar-refractivity contribution in [3.8, 4) is 0 Å². The minimum Gasteiger partial charge on any atom is -0.389 e. The molecular formula is C12H15ClN4O3S. The number of hydrogen-bond acceptors (Lipinski definition) is 7. The lowest BCUT2D eigenvalue weighted by molar-refractivity contribution is -0.384. The number of nitro groups is 1. The highest BCUT2D eigenvalue weighted by molar-refractivity contribution is 7.99. The molecule has 0 saturated carbocycles. The molecule has 2 rings (SSSR count). The van der Waals surface area contributed by atoms with Gasteiger partial charge in [0.15, 0.2) is 5.16 Å². The molecule has 0 saturated heterocycles. The van der Waals surface area contributed by atoms with Gasteiger partial charge < -0.3 is 10.4 Å². The second-order valence-corrected chi connectivity index (χ2v) is 5.96. The van der Waals surface area contributed by atoms with Crippen molar-refractivity contribution in [1.29, 1.82) is 0 Å². The number of nitrogens with one attached hydrogen (secondary N) is 1. The normalized spacial score (nSPS) is 20.7. The molecule has 2 N–H and O–H groups in total. The van der Waals surface area contributed by atoms with E-state index in [1.165, 1.54) is 11.8 Å². The van der Waals surface area contributed by atoms with Gasteiger partial charge in [-0.2, -0.15) is 4.98 Å². The number of aromatic nitrogens is 2. The Balaban J connectivity index is 2.28. The predicted octanol–water partition coefficient (Wildman–Crippen LogP) is 2.64. The number of thioether (sulfide) groups is 1. The van der Waals surface area contributed by atoms with Gasteiger partial charge in [0.25, 0.3) is 0 Å². The van der Waals surface area contributed by atoms with Crippen LogP contribution in [-0.2, 0) is 0 Å². The van der Waals surface area contributed by atoms with Crippen LogP contribution in [0.15, 0.2) is 17.3 Å². The van der Waals surface area contributed by atoms with Crippen LogP contribution < -0.4 is 5.32 Å². The fourth-order valence-corrected chi connectivity index (χ4v) is 2.88. The van der Waals surface area contributed by atoms with Gasteiger partial charge in [0.05, 0.1) is 11.0 Å². The summed E-state index contributed by atoms with van der Waals surface area (Å²) in [6, 6.07) is -0.214. The zero-order chi connectivity index (χ0) is 15.4. The van der Waals surface area contributed by atoms with Gasteiger partial charge >= 0.3 is 5.69 Å². The molecular weight excluding hydrogens is 316 g/mol. The highest BCUT2D eigenvalue weighted by Crippen LogP contribution is 2.33. The van der Waals surface area contributed by atoms with Crippen LogP contribution in [0.5, 0.6) is 0 Å². The van der Waals surface area contributed by atoms with E-state index in [-0.39, 0.29) is 22.7 Å². The minimum absolute atomic E-state index is 0.0855. The third-order valence-electron chi connectivity index (χ3n) is 2.82. The molecule has 9 heteroatoms. The van der Waals surface area contributed by atoms with Crippen LogP contribution in [0.2, 0.25) is 5.15 Å². The standard InChI is InChI=1S/C12H15ClN4O3S/c1-2-5-21-12-15-10(13)9(17(19)20)11(16-12)14-7-3-4-8(18)6-7/h3-4,7-8,18H,2,5-6H2,1H3,(H,14,15,16)/t7-,8+/m0/s1. The number of aliphatic hydroxyl groups excluding tert-OH is 1. The van der Waals surface area contributed by atoms with Crippen LogP contribution in [0.4, 0.5) is 11.5 Å². The maximum atomic E-state index is 11.1. The molecule has 0 amide bonds. The van der Waals surface area contributed by atoms with Crippen molar-refractivity contribution in [2.75, 3.05) is 11.1 Å². The molecule has 0 radical (unpaired) electrons. The number of aliphatic hydroxyl groups is 1. The van der Waals surface area contributed by atoms with Crippen molar-refractivity contribution < 1.29 is 10.0 Å². The topological polar surface area (TPSA) is 101 Å². The molecule has 1 aromatic heterocycles. The summed E-state index contributed by atoms with van der Waals surface area (Å²) in [6.45, 7) is 2.02. The summed E-state index contributed by atoms with van der Waals surface area (Å²) in [4.78, 5) is 18.7. The largest absolute Gasteiger partial charge is 0.389 e. The molecule has 21 heavy (non-hydrogen) atoms. The Morgan fingerprint density at radius 1 is 1.57 bits per heavy atom. The van der Waals surface area contributed by atoms with Crippen LogP contribution in [0.25, 0.3) is 0 Å². The number of halogens is 1. The second-order valence-electron chi connectivity index (χ2n) is 4.54. The highest BCUT2D eigenvalue weighted by atomic mass is 35.5. The first-order chi connectivity index (χ1) is 10.0. The van der Waals surface area contributed by atoms with Crippen LogP contribution in [-0.4, -0.2) is 37.9 Å². The summed E-state index contributed by atoms with van der Waals surface area (Å²) in [7, 11) is 0. The first-order valence-corrected chi connectivity index (χ1v) is 7.85. The molecule has 0 bridgehead atoms. The molecule has 7 nitrogen and oxygen atoms in total. The lowest BCUT2D eigenvalue weighted by Gasteiger charge is -2.13. The van der Waals surface area contributed by atoms with Gasteiger partial charge in [0.1, 0.15) is 0 Å². The maximum Gasteiger partial charge on any atom is 0.348 e. The molecule has 0 unspecified atom stereocenters. The number of nitrogens with zero attached hydrogens (tertiary/aromatic N) is 3. The highest BCUT2D eigenvalue weighted by Gasteiger charge is 2.26. The second kappa shape index (κ2) is 7.06. The van der Waals surface area contributed by atoms with E-state index in [2.05, 4.69) is 15.3 Å². The lowest BCUT2D eigenvalue weighted by atomic mass is 10.2. The van der Waals surface area contributed by atoms with E-state index in [4.69, 9.17) is 11.6 Å². The zero-order valence-electron chi connectivity index (χ0n) is 11.3. The average molecular weight is 331 g/mol. The van der Waals surface area contributed by atoms with E-state index in [1.807, 2.05) is 6.92 Å². The SMILES string of the molecule is CCCSc1nc(Cl)c([N+](=O)[O-])c(N[C@H]2C=C[C@@H](O)C2)n1. The van der Waals surface area contributed by atoms with Crippen molar-refractivity contribution in [3.05, 3.63) is 27.4 Å². The summed E-state index contributed by atoms with van der Waals surface area (Å²) < 4.78 is 0. The first kappa shape index (κ1) is 16.0. The van der Waals surface area contributed by atoms with Crippen molar-refractivity contribution in [3.63, 3.8) is 0 Å². The minimum atomic E-state index is -0.603. The van der Waals surface area contributed by atoms with Gasteiger partial charge in [-0.05, 0) is 6.42 Å². The first-order valence-electron chi connectivity index (χ1n) is 6.49. The van der Waals surface area contributed by atoms with Gasteiger partial charge in [-0.1, -0.05) is 42.4 Å². The van der Waals surface area contributed by atoms with Crippen molar-refractivity contribution in [2.45, 2.75) is 37.1 Å². The Kier molecular flexibility index (Phi) is 5.38. The molecule has 1 aliphatic carbocycles. The fourth-order valence-electron chi connectivity index (χ4n) is 1.89. The van der Waals surface area contributed by atoms with E-state index in [1.54, 1.807) is 12.2 Å². The van der Waals surface area contributed by atoms with Crippen LogP contribution in [0.3, 0.4) is 0 Å². The molecule has 1 aliphatic rings. The van der Waals surface area contributed by atoms with E-state index < -0.39 is 11.0 Å². The third-order valence-corrected chi connectivity index (χ3v) is 4.14. The maximum absolute atomic E-state index is 11.1. The molecule has 0 aliphatic heterocycles. The molecule has 0 spiro atoms. The molecule has 0 fully saturated rings. The molecule has 2 atom stereocenters. The van der Waals surface area contributed by atoms with E-state index in [9.17, 15) is 15.2 Å². The summed E-state index contributed by atoms with van der Waals surface area (Å²) in [5.41, 5.74) is -0.340. The summed E-state index contributed by atoms with van der Waals surface area (Å²) in [5, 5.41) is 23.8. The van der Waals surface area contributed by atoms with E-state index in [0.29, 0.717) is 11.6 Å². The average Bonchev–Trinajstić information content (AvgIpc) is 2.80. The number of rotatable bonds is 6. The fraction of sp³-hybridized carbons (Fsp3) is 0.500. The number of anilines is 1. The quantitative estimate of drug-likeness (QED) is 0.206. The van der Waals surface area contributed by atoms with Gasteiger partial charge in [-0.3, -0.25) is 10.1 Å². The van der Waals surface area contributed by atoms with Crippen LogP contribution >= 0.6 is 23.4 Å². The zero-order valence-corrected chi connectivity index (χ0v) is 12.9. The monoisotopic (exact) mass is 330 g/mol. The third kappa shape index (κ3) is 4.05. The van der Waals surface area contributed by atoms with E-state index in [0.717, 1.165) is 12.2 Å². The Morgan fingerprint density at radius 3 is 2.90 bits per heavy atom. The molecule has 1 aromatic rings. The van der Waals surface area contributed by atoms with Gasteiger partial charge in [0, 0.05) is 18.2 Å². The van der Waals surface area contributed by atoms with Crippen molar-refractivity contribution in [2.24, 2.45) is 0 Å². The van der Waals surface area contributed by atoms with Crippen LogP contribution in [0.1, 0.15) is 19.8 Å². The van der Waals surface area contributed by atoms with Gasteiger partial charge in [0.2, 0.25) is 11.0 Å². The van der Waals surface area contributed by atoms with Crippen molar-refractivity contribution in [1.82, 2.24) is 9.97 Å². The Hall–Kier alpha value is -1.38. The van der Waals surface area contributed by atoms with Crippen molar-refractivity contribution >= 4 is 34.9 Å². The summed E-state index contributed by atoms with van der Waals surface area (Å²) >= 11 is 7.30. The Morgan fingerprint density at radius 2 is 2.33 bits per heavy atom. The smallest absolute Gasteiger partial charge is 0.348 e. The summed E-state index contributed by atoms with van der Waals surface area (Å²) in [5.74, 6) is 0.887. The van der Waals surface area contributed by atoms with Crippen LogP contribution in [0, 0.1) is 10.1 Å². The van der Waals surface area contributed by atoms with E-state index >= 15 is 0 Å². The molecule has 114 valence electrons. The predicted molar refractivity (Wildman–Crippen MR) is 81.9 cm³/mol. The molecule has 0 aromatic carbocycles.